The lowest BCUT2D eigenvalue weighted by Crippen LogP contribution is -2.37. The standard InChI is InChI=1S/C18H29N.2C11H23NO.2C10H21NO.C2H6/c1-18(2,3)16-10-12-17(13-11-16)19(4)14-15-8-6-5-7-9-15;2*1-10-4-6-11(7-5-10)12(2)8-9-13-3;2*1-9-4-6-10(7-5-9)11(2)8-12-3;1-2/h5-9,16-17H,10-14H2,1-4H3;2*10-11H,4-9H2,1-3H3;2*9-10H,4-8H2,1-3H3;1-2H3. The van der Waals surface area contributed by atoms with Crippen LogP contribution in [0.5, 0.6) is 0 Å². The topological polar surface area (TPSA) is 53.1 Å². The van der Waals surface area contributed by atoms with Crippen molar-refractivity contribution in [3.63, 3.8) is 0 Å². The Hall–Kier alpha value is -1.14. The van der Waals surface area contributed by atoms with Gasteiger partial charge in [0.2, 0.25) is 0 Å². The summed E-state index contributed by atoms with van der Waals surface area (Å²) >= 11 is 0. The zero-order valence-electron chi connectivity index (χ0n) is 50.6. The van der Waals surface area contributed by atoms with Crippen LogP contribution >= 0.6 is 0 Å². The molecule has 5 saturated carbocycles. The predicted octanol–water partition coefficient (Wildman–Crippen LogP) is 14.2. The molecule has 5 fully saturated rings. The lowest BCUT2D eigenvalue weighted by atomic mass is 9.71. The first kappa shape index (κ1) is 67.9. The van der Waals surface area contributed by atoms with Gasteiger partial charge >= 0.3 is 0 Å². The van der Waals surface area contributed by atoms with Gasteiger partial charge in [0.1, 0.15) is 0 Å². The Morgan fingerprint density at radius 3 is 0.958 bits per heavy atom. The van der Waals surface area contributed by atoms with Gasteiger partial charge in [0.25, 0.3) is 0 Å². The third-order valence-electron chi connectivity index (χ3n) is 17.2. The minimum absolute atomic E-state index is 0.489. The lowest BCUT2D eigenvalue weighted by Gasteiger charge is -2.40. The fourth-order valence-corrected chi connectivity index (χ4v) is 11.6. The molecule has 0 aromatic heterocycles. The van der Waals surface area contributed by atoms with Gasteiger partial charge in [-0.25, -0.2) is 0 Å². The van der Waals surface area contributed by atoms with E-state index in [9.17, 15) is 0 Å². The van der Waals surface area contributed by atoms with E-state index in [2.05, 4.69) is 139 Å². The van der Waals surface area contributed by atoms with E-state index in [0.717, 1.165) is 106 Å². The molecule has 420 valence electrons. The van der Waals surface area contributed by atoms with Gasteiger partial charge in [-0.05, 0) is 204 Å². The second-order valence-electron chi connectivity index (χ2n) is 24.2. The van der Waals surface area contributed by atoms with E-state index in [1.165, 1.54) is 134 Å². The molecule has 9 nitrogen and oxygen atoms in total. The summed E-state index contributed by atoms with van der Waals surface area (Å²) in [5.74, 6) is 4.70. The van der Waals surface area contributed by atoms with Gasteiger partial charge in [0, 0.05) is 78.3 Å². The second-order valence-corrected chi connectivity index (χ2v) is 24.2. The van der Waals surface area contributed by atoms with Crippen molar-refractivity contribution in [3.05, 3.63) is 35.9 Å². The Labute approximate surface area is 443 Å². The molecule has 0 aliphatic heterocycles. The monoisotopic (exact) mass is 1000 g/mol. The number of hydrogen-bond acceptors (Lipinski definition) is 9. The van der Waals surface area contributed by atoms with Crippen LogP contribution in [0, 0.1) is 35.0 Å². The van der Waals surface area contributed by atoms with Crippen molar-refractivity contribution in [1.29, 1.82) is 0 Å². The fraction of sp³-hybridized carbons (Fsp3) is 0.903. The van der Waals surface area contributed by atoms with E-state index < -0.39 is 0 Å². The summed E-state index contributed by atoms with van der Waals surface area (Å²) in [4.78, 5) is 12.1. The molecule has 5 aliphatic carbocycles. The maximum Gasteiger partial charge on any atom is 0.0986 e. The SMILES string of the molecule is CC.CN(Cc1ccccc1)C1CCC(C(C)(C)C)CC1.COCCN(C)C1CCC(C)CC1.COCCN(C)C1CCC(C)CC1.COCN(C)C1CCC(C)CC1.COCN(C)C1CCC(C)CC1. The van der Waals surface area contributed by atoms with Gasteiger partial charge < -0.3 is 28.7 Å². The van der Waals surface area contributed by atoms with E-state index in [-0.39, 0.29) is 0 Å². The van der Waals surface area contributed by atoms with Crippen LogP contribution in [-0.4, -0.2) is 158 Å². The molecule has 0 unspecified atom stereocenters. The average Bonchev–Trinajstić information content (AvgIpc) is 3.37. The third kappa shape index (κ3) is 30.3. The predicted molar refractivity (Wildman–Crippen MR) is 308 cm³/mol. The van der Waals surface area contributed by atoms with Crippen LogP contribution in [0.4, 0.5) is 0 Å². The van der Waals surface area contributed by atoms with E-state index >= 15 is 0 Å². The van der Waals surface area contributed by atoms with Crippen molar-refractivity contribution in [1.82, 2.24) is 24.5 Å². The number of nitrogens with zero attached hydrogens (tertiary/aromatic N) is 5. The number of hydrogen-bond donors (Lipinski definition) is 0. The average molecular weight is 1000 g/mol. The molecule has 5 aliphatic rings. The summed E-state index contributed by atoms with van der Waals surface area (Å²) in [6, 6.07) is 14.8. The first-order valence-corrected chi connectivity index (χ1v) is 29.4. The first-order valence-electron chi connectivity index (χ1n) is 29.4. The summed E-state index contributed by atoms with van der Waals surface area (Å²) < 4.78 is 20.4. The molecule has 0 saturated heterocycles. The molecule has 1 aromatic carbocycles. The largest absolute Gasteiger partial charge is 0.383 e. The Morgan fingerprint density at radius 1 is 0.394 bits per heavy atom. The van der Waals surface area contributed by atoms with Gasteiger partial charge in [0.15, 0.2) is 0 Å². The first-order chi connectivity index (χ1) is 33.9. The van der Waals surface area contributed by atoms with Crippen LogP contribution in [0.1, 0.15) is 196 Å². The molecule has 0 radical (unpaired) electrons. The van der Waals surface area contributed by atoms with Gasteiger partial charge in [-0.1, -0.05) is 92.6 Å². The van der Waals surface area contributed by atoms with Crippen LogP contribution in [0.15, 0.2) is 30.3 Å². The van der Waals surface area contributed by atoms with Crippen LogP contribution in [0.2, 0.25) is 0 Å². The maximum absolute atomic E-state index is 5.11. The summed E-state index contributed by atoms with van der Waals surface area (Å²) in [6.07, 6.45) is 27.6. The fourth-order valence-electron chi connectivity index (χ4n) is 11.6. The van der Waals surface area contributed by atoms with Crippen molar-refractivity contribution in [3.8, 4) is 0 Å². The normalized spacial score (nSPS) is 28.0. The Balaban J connectivity index is 0.000000445. The van der Waals surface area contributed by atoms with E-state index in [1.54, 1.807) is 28.4 Å². The van der Waals surface area contributed by atoms with Crippen molar-refractivity contribution in [2.45, 2.75) is 227 Å². The second kappa shape index (κ2) is 40.2. The van der Waals surface area contributed by atoms with Gasteiger partial charge in [0.05, 0.1) is 26.7 Å². The zero-order valence-corrected chi connectivity index (χ0v) is 50.6. The molecule has 71 heavy (non-hydrogen) atoms. The van der Waals surface area contributed by atoms with Crippen LogP contribution < -0.4 is 0 Å². The van der Waals surface area contributed by atoms with Crippen molar-refractivity contribution in [2.24, 2.45) is 35.0 Å². The number of rotatable bonds is 17. The minimum Gasteiger partial charge on any atom is -0.383 e. The number of likely N-dealkylation sites (N-methyl/N-ethyl adjacent to an activating group) is 2. The van der Waals surface area contributed by atoms with Crippen LogP contribution in [0.25, 0.3) is 0 Å². The molecule has 0 heterocycles. The Bertz CT molecular complexity index is 1250. The van der Waals surface area contributed by atoms with E-state index in [1.807, 2.05) is 13.8 Å². The molecule has 0 amide bonds. The van der Waals surface area contributed by atoms with Crippen molar-refractivity contribution in [2.75, 3.05) is 103 Å². The third-order valence-corrected chi connectivity index (χ3v) is 17.2. The molecular formula is C62H123N5O4. The van der Waals surface area contributed by atoms with E-state index in [4.69, 9.17) is 18.9 Å². The molecule has 0 spiro atoms. The van der Waals surface area contributed by atoms with Gasteiger partial charge in [-0.2, -0.15) is 0 Å². The number of ether oxygens (including phenoxy) is 4. The molecule has 0 N–H and O–H groups in total. The number of benzene rings is 1. The van der Waals surface area contributed by atoms with E-state index in [0.29, 0.717) is 5.41 Å². The molecule has 1 aromatic rings. The van der Waals surface area contributed by atoms with Crippen LogP contribution in [0.3, 0.4) is 0 Å². The smallest absolute Gasteiger partial charge is 0.0986 e. The summed E-state index contributed by atoms with van der Waals surface area (Å²) in [5.41, 5.74) is 1.92. The summed E-state index contributed by atoms with van der Waals surface area (Å²) in [6.45, 7) is 27.2. The van der Waals surface area contributed by atoms with Gasteiger partial charge in [-0.15, -0.1) is 0 Å². The van der Waals surface area contributed by atoms with Crippen molar-refractivity contribution < 1.29 is 18.9 Å². The quantitative estimate of drug-likeness (QED) is 0.142. The van der Waals surface area contributed by atoms with Crippen molar-refractivity contribution >= 4 is 0 Å². The highest BCUT2D eigenvalue weighted by Gasteiger charge is 2.31. The highest BCUT2D eigenvalue weighted by molar-refractivity contribution is 5.14. The van der Waals surface area contributed by atoms with Gasteiger partial charge in [-0.3, -0.25) is 14.7 Å². The van der Waals surface area contributed by atoms with Crippen LogP contribution in [-0.2, 0) is 25.5 Å². The molecular weight excluding hydrogens is 879 g/mol. The summed E-state index contributed by atoms with van der Waals surface area (Å²) in [5, 5.41) is 0. The molecule has 6 rings (SSSR count). The zero-order chi connectivity index (χ0) is 53.2. The molecule has 0 bridgehead atoms. The lowest BCUT2D eigenvalue weighted by molar-refractivity contribution is 0.0365. The maximum atomic E-state index is 5.11. The molecule has 0 atom stereocenters. The Morgan fingerprint density at radius 2 is 0.676 bits per heavy atom. The summed E-state index contributed by atoms with van der Waals surface area (Å²) in [7, 11) is 18.1. The number of methoxy groups -OCH3 is 4. The highest BCUT2D eigenvalue weighted by Crippen LogP contribution is 2.39. The Kier molecular flexibility index (Phi) is 38.4. The minimum atomic E-state index is 0.489. The molecule has 9 heteroatoms. The highest BCUT2D eigenvalue weighted by atomic mass is 16.5.